The molecule has 0 aromatic carbocycles. The van der Waals surface area contributed by atoms with E-state index in [1.165, 1.54) is 0 Å². The van der Waals surface area contributed by atoms with E-state index in [9.17, 15) is 4.79 Å². The summed E-state index contributed by atoms with van der Waals surface area (Å²) in [6, 6.07) is 0.279. The molecule has 5 nitrogen and oxygen atoms in total. The molecular weight excluding hydrogens is 182 g/mol. The van der Waals surface area contributed by atoms with Gasteiger partial charge in [-0.05, 0) is 18.8 Å². The minimum absolute atomic E-state index is 0.239. The van der Waals surface area contributed by atoms with Gasteiger partial charge in [-0.3, -0.25) is 4.79 Å². The molecule has 14 heavy (non-hydrogen) atoms. The molecule has 0 aliphatic heterocycles. The van der Waals surface area contributed by atoms with Crippen molar-refractivity contribution in [1.82, 2.24) is 14.8 Å². The summed E-state index contributed by atoms with van der Waals surface area (Å²) < 4.78 is 1.93. The maximum Gasteiger partial charge on any atom is 0.303 e. The molecule has 1 N–H and O–H groups in total. The molecule has 2 unspecified atom stereocenters. The fraction of sp³-hybridized carbons (Fsp3) is 0.667. The van der Waals surface area contributed by atoms with E-state index < -0.39 is 5.97 Å². The van der Waals surface area contributed by atoms with Crippen LogP contribution < -0.4 is 0 Å². The molecule has 1 heterocycles. The Balaban J connectivity index is 2.07. The lowest BCUT2D eigenvalue weighted by atomic mass is 10.00. The van der Waals surface area contributed by atoms with Crippen molar-refractivity contribution in [1.29, 1.82) is 0 Å². The zero-order valence-corrected chi connectivity index (χ0v) is 7.83. The third-order valence-corrected chi connectivity index (χ3v) is 2.88. The van der Waals surface area contributed by atoms with Crippen molar-refractivity contribution < 1.29 is 9.90 Å². The molecular formula is C9H13N3O2. The molecule has 0 bridgehead atoms. The summed E-state index contributed by atoms with van der Waals surface area (Å²) in [5.74, 6) is -0.474. The van der Waals surface area contributed by atoms with Gasteiger partial charge in [0.05, 0.1) is 6.42 Å². The quantitative estimate of drug-likeness (QED) is 0.784. The number of carboxylic acid groups (broad SMARTS) is 1. The molecule has 0 spiro atoms. The highest BCUT2D eigenvalue weighted by Crippen LogP contribution is 2.37. The van der Waals surface area contributed by atoms with Crippen molar-refractivity contribution in [2.45, 2.75) is 31.7 Å². The van der Waals surface area contributed by atoms with E-state index in [2.05, 4.69) is 10.2 Å². The molecule has 2 atom stereocenters. The average molecular weight is 195 g/mol. The number of rotatable bonds is 3. The van der Waals surface area contributed by atoms with Crippen LogP contribution in [-0.4, -0.2) is 25.8 Å². The van der Waals surface area contributed by atoms with E-state index in [0.717, 1.165) is 19.3 Å². The van der Waals surface area contributed by atoms with Crippen LogP contribution in [0.25, 0.3) is 0 Å². The first-order valence-electron chi connectivity index (χ1n) is 4.83. The van der Waals surface area contributed by atoms with E-state index in [1.54, 1.807) is 12.7 Å². The highest BCUT2D eigenvalue weighted by Gasteiger charge is 2.30. The maximum absolute atomic E-state index is 10.6. The molecule has 1 fully saturated rings. The van der Waals surface area contributed by atoms with Crippen LogP contribution in [0.5, 0.6) is 0 Å². The van der Waals surface area contributed by atoms with Gasteiger partial charge in [-0.1, -0.05) is 6.42 Å². The Hall–Kier alpha value is -1.39. The van der Waals surface area contributed by atoms with E-state index in [1.807, 2.05) is 4.57 Å². The van der Waals surface area contributed by atoms with Crippen LogP contribution in [0.15, 0.2) is 12.7 Å². The van der Waals surface area contributed by atoms with E-state index in [0.29, 0.717) is 0 Å². The molecule has 1 saturated carbocycles. The van der Waals surface area contributed by atoms with E-state index in [-0.39, 0.29) is 18.4 Å². The second kappa shape index (κ2) is 3.77. The Kier molecular flexibility index (Phi) is 2.47. The summed E-state index contributed by atoms with van der Waals surface area (Å²) in [6.45, 7) is 0. The molecule has 1 aliphatic carbocycles. The first-order chi connectivity index (χ1) is 6.77. The Morgan fingerprint density at radius 2 is 2.14 bits per heavy atom. The van der Waals surface area contributed by atoms with Crippen molar-refractivity contribution >= 4 is 5.97 Å². The number of aliphatic carboxylic acids is 1. The molecule has 0 amide bonds. The first kappa shape index (κ1) is 9.18. The van der Waals surface area contributed by atoms with Gasteiger partial charge < -0.3 is 9.67 Å². The lowest BCUT2D eigenvalue weighted by molar-refractivity contribution is -0.138. The standard InChI is InChI=1S/C9H13N3O2/c13-9(14)4-7-2-1-3-8(7)12-5-10-11-6-12/h5-8H,1-4H2,(H,13,14). The fourth-order valence-electron chi connectivity index (χ4n) is 2.25. The molecule has 1 aromatic heterocycles. The van der Waals surface area contributed by atoms with Gasteiger partial charge in [0.2, 0.25) is 0 Å². The predicted molar refractivity (Wildman–Crippen MR) is 48.7 cm³/mol. The van der Waals surface area contributed by atoms with Crippen molar-refractivity contribution in [2.24, 2.45) is 5.92 Å². The number of aromatic nitrogens is 3. The van der Waals surface area contributed by atoms with Crippen LogP contribution in [0.3, 0.4) is 0 Å². The predicted octanol–water partition coefficient (Wildman–Crippen LogP) is 1.09. The molecule has 0 saturated heterocycles. The van der Waals surface area contributed by atoms with Crippen molar-refractivity contribution in [3.63, 3.8) is 0 Å². The van der Waals surface area contributed by atoms with Crippen LogP contribution in [0.4, 0.5) is 0 Å². The van der Waals surface area contributed by atoms with E-state index in [4.69, 9.17) is 5.11 Å². The zero-order valence-electron chi connectivity index (χ0n) is 7.83. The Morgan fingerprint density at radius 3 is 2.79 bits per heavy atom. The number of hydrogen-bond donors (Lipinski definition) is 1. The Bertz CT molecular complexity index is 310. The van der Waals surface area contributed by atoms with Crippen LogP contribution >= 0.6 is 0 Å². The van der Waals surface area contributed by atoms with Crippen molar-refractivity contribution in [2.75, 3.05) is 0 Å². The average Bonchev–Trinajstić information content (AvgIpc) is 2.70. The van der Waals surface area contributed by atoms with Gasteiger partial charge in [0.15, 0.2) is 0 Å². The molecule has 2 rings (SSSR count). The van der Waals surface area contributed by atoms with Gasteiger partial charge in [0, 0.05) is 6.04 Å². The summed E-state index contributed by atoms with van der Waals surface area (Å²) >= 11 is 0. The fourth-order valence-corrected chi connectivity index (χ4v) is 2.25. The monoisotopic (exact) mass is 195 g/mol. The van der Waals surface area contributed by atoms with Crippen LogP contribution in [0, 0.1) is 5.92 Å². The van der Waals surface area contributed by atoms with Gasteiger partial charge in [-0.2, -0.15) is 0 Å². The largest absolute Gasteiger partial charge is 0.481 e. The van der Waals surface area contributed by atoms with Crippen molar-refractivity contribution in [3.05, 3.63) is 12.7 Å². The SMILES string of the molecule is O=C(O)CC1CCCC1n1cnnc1. The van der Waals surface area contributed by atoms with Gasteiger partial charge in [0.25, 0.3) is 0 Å². The molecule has 5 heteroatoms. The first-order valence-corrected chi connectivity index (χ1v) is 4.83. The smallest absolute Gasteiger partial charge is 0.303 e. The van der Waals surface area contributed by atoms with Gasteiger partial charge in [0.1, 0.15) is 12.7 Å². The number of carboxylic acids is 1. The van der Waals surface area contributed by atoms with Crippen molar-refractivity contribution in [3.8, 4) is 0 Å². The zero-order chi connectivity index (χ0) is 9.97. The third kappa shape index (κ3) is 1.76. The maximum atomic E-state index is 10.6. The Labute approximate surface area is 81.8 Å². The summed E-state index contributed by atoms with van der Waals surface area (Å²) in [7, 11) is 0. The molecule has 1 aromatic rings. The molecule has 0 radical (unpaired) electrons. The van der Waals surface area contributed by atoms with Gasteiger partial charge >= 0.3 is 5.97 Å². The second-order valence-corrected chi connectivity index (χ2v) is 3.77. The van der Waals surface area contributed by atoms with E-state index >= 15 is 0 Å². The summed E-state index contributed by atoms with van der Waals surface area (Å²) in [6.07, 6.45) is 6.73. The Morgan fingerprint density at radius 1 is 1.43 bits per heavy atom. The highest BCUT2D eigenvalue weighted by atomic mass is 16.4. The van der Waals surface area contributed by atoms with Crippen LogP contribution in [0.2, 0.25) is 0 Å². The number of nitrogens with zero attached hydrogens (tertiary/aromatic N) is 3. The van der Waals surface area contributed by atoms with Gasteiger partial charge in [-0.15, -0.1) is 10.2 Å². The normalized spacial score (nSPS) is 26.6. The molecule has 1 aliphatic rings. The minimum atomic E-state index is -0.713. The summed E-state index contributed by atoms with van der Waals surface area (Å²) in [5.41, 5.74) is 0. The summed E-state index contributed by atoms with van der Waals surface area (Å²) in [4.78, 5) is 10.6. The third-order valence-electron chi connectivity index (χ3n) is 2.88. The van der Waals surface area contributed by atoms with Crippen LogP contribution in [-0.2, 0) is 4.79 Å². The lowest BCUT2D eigenvalue weighted by Crippen LogP contribution is -2.16. The number of carbonyl (C=O) groups is 1. The highest BCUT2D eigenvalue weighted by molar-refractivity contribution is 5.67. The minimum Gasteiger partial charge on any atom is -0.481 e. The molecule has 76 valence electrons. The topological polar surface area (TPSA) is 68.0 Å². The summed E-state index contributed by atoms with van der Waals surface area (Å²) in [5, 5.41) is 16.2. The second-order valence-electron chi connectivity index (χ2n) is 3.77. The van der Waals surface area contributed by atoms with Crippen LogP contribution in [0.1, 0.15) is 31.7 Å². The number of hydrogen-bond acceptors (Lipinski definition) is 3. The lowest BCUT2D eigenvalue weighted by Gasteiger charge is -2.18. The van der Waals surface area contributed by atoms with Gasteiger partial charge in [-0.25, -0.2) is 0 Å².